The van der Waals surface area contributed by atoms with Crippen molar-refractivity contribution in [3.05, 3.63) is 88.8 Å². The molecule has 2 aromatic heterocycles. The second-order valence-electron chi connectivity index (χ2n) is 12.5. The molecule has 1 fully saturated rings. The topological polar surface area (TPSA) is 110 Å². The van der Waals surface area contributed by atoms with Crippen LogP contribution >= 0.6 is 0 Å². The maximum Gasteiger partial charge on any atom is 0.407 e. The molecule has 0 radical (unpaired) electrons. The van der Waals surface area contributed by atoms with Crippen molar-refractivity contribution in [2.24, 2.45) is 0 Å². The first kappa shape index (κ1) is 28.7. The smallest absolute Gasteiger partial charge is 0.407 e. The van der Waals surface area contributed by atoms with Crippen LogP contribution in [0.2, 0.25) is 0 Å². The van der Waals surface area contributed by atoms with Gasteiger partial charge in [0.1, 0.15) is 5.82 Å². The molecule has 11 heteroatoms. The lowest BCUT2D eigenvalue weighted by atomic mass is 9.91. The minimum atomic E-state index is -1.02. The number of fused-ring (bicyclic) bond motifs is 2. The second-order valence-corrected chi connectivity index (χ2v) is 12.5. The fourth-order valence-corrected chi connectivity index (χ4v) is 6.54. The van der Waals surface area contributed by atoms with E-state index in [0.29, 0.717) is 38.2 Å². The molecule has 10 nitrogen and oxygen atoms in total. The number of halogens is 1. The number of anilines is 1. The molecule has 0 aliphatic carbocycles. The Balaban J connectivity index is 1.23. The second kappa shape index (κ2) is 11.0. The lowest BCUT2D eigenvalue weighted by Gasteiger charge is -2.45. The Kier molecular flexibility index (Phi) is 7.37. The van der Waals surface area contributed by atoms with E-state index < -0.39 is 6.09 Å². The van der Waals surface area contributed by atoms with Crippen LogP contribution in [-0.4, -0.2) is 92.5 Å². The first-order chi connectivity index (χ1) is 20.5. The lowest BCUT2D eigenvalue weighted by Crippen LogP contribution is -2.63. The standard InChI is InChI=1S/C32H35FN6O4/c1-20-14-36(25(17-38(20)31(42)43)16-37-15-23-8-9-34-13-26(23)30(37)41)18-28(40)39-19-32(2,3)29-27(39)11-22(12-35-29)10-21-4-6-24(33)7-5-21/h4-9,11-13,20,25H,10,14-19H2,1-3H3,(H,42,43)/t20-,25+/m1/s1. The summed E-state index contributed by atoms with van der Waals surface area (Å²) < 4.78 is 13.4. The highest BCUT2D eigenvalue weighted by atomic mass is 19.1. The molecule has 3 aromatic rings. The molecular formula is C32H35FN6O4. The van der Waals surface area contributed by atoms with Crippen molar-refractivity contribution < 1.29 is 23.9 Å². The summed E-state index contributed by atoms with van der Waals surface area (Å²) in [5.74, 6) is -0.527. The Morgan fingerprint density at radius 2 is 1.86 bits per heavy atom. The van der Waals surface area contributed by atoms with Gasteiger partial charge in [-0.3, -0.25) is 24.5 Å². The summed E-state index contributed by atoms with van der Waals surface area (Å²) in [6.45, 7) is 7.79. The Morgan fingerprint density at radius 3 is 2.58 bits per heavy atom. The average Bonchev–Trinajstić information content (AvgIpc) is 3.43. The van der Waals surface area contributed by atoms with E-state index in [-0.39, 0.29) is 48.2 Å². The predicted octanol–water partition coefficient (Wildman–Crippen LogP) is 3.54. The number of piperazine rings is 1. The van der Waals surface area contributed by atoms with Crippen molar-refractivity contribution in [1.29, 1.82) is 0 Å². The zero-order valence-electron chi connectivity index (χ0n) is 24.5. The van der Waals surface area contributed by atoms with E-state index in [2.05, 4.69) is 18.8 Å². The lowest BCUT2D eigenvalue weighted by molar-refractivity contribution is -0.121. The average molecular weight is 587 g/mol. The van der Waals surface area contributed by atoms with E-state index in [1.54, 1.807) is 34.3 Å². The molecule has 1 N–H and O–H groups in total. The Morgan fingerprint density at radius 1 is 1.09 bits per heavy atom. The van der Waals surface area contributed by atoms with Gasteiger partial charge in [0.15, 0.2) is 0 Å². The third-order valence-corrected chi connectivity index (χ3v) is 8.79. The van der Waals surface area contributed by atoms with Crippen LogP contribution in [0, 0.1) is 5.82 Å². The molecule has 0 saturated carbocycles. The van der Waals surface area contributed by atoms with E-state index in [9.17, 15) is 23.9 Å². The van der Waals surface area contributed by atoms with Gasteiger partial charge in [0.05, 0.1) is 23.5 Å². The molecular weight excluding hydrogens is 551 g/mol. The molecule has 1 aromatic carbocycles. The number of hydrogen-bond donors (Lipinski definition) is 1. The van der Waals surface area contributed by atoms with Crippen LogP contribution in [-0.2, 0) is 23.2 Å². The summed E-state index contributed by atoms with van der Waals surface area (Å²) in [6, 6.07) is 9.50. The van der Waals surface area contributed by atoms with E-state index in [1.165, 1.54) is 17.0 Å². The molecule has 3 aliphatic heterocycles. The van der Waals surface area contributed by atoms with Gasteiger partial charge in [-0.15, -0.1) is 0 Å². The predicted molar refractivity (Wildman–Crippen MR) is 157 cm³/mol. The SMILES string of the molecule is C[C@@H]1CN(CC(=O)N2CC(C)(C)c3ncc(Cc4ccc(F)cc4)cc32)[C@@H](CN2Cc3ccncc3C2=O)CN1C(=O)O. The Labute approximate surface area is 249 Å². The Hall–Kier alpha value is -4.38. The molecule has 0 spiro atoms. The first-order valence-electron chi connectivity index (χ1n) is 14.5. The highest BCUT2D eigenvalue weighted by molar-refractivity contribution is 5.98. The third kappa shape index (κ3) is 5.56. The summed E-state index contributed by atoms with van der Waals surface area (Å²) in [5, 5.41) is 9.85. The fraction of sp³-hybridized carbons (Fsp3) is 0.406. The highest BCUT2D eigenvalue weighted by Crippen LogP contribution is 2.40. The van der Waals surface area contributed by atoms with Crippen LogP contribution in [0.15, 0.2) is 55.0 Å². The normalized spacial score (nSPS) is 21.2. The number of rotatable bonds is 6. The number of carboxylic acid groups (broad SMARTS) is 1. The molecule has 6 rings (SSSR count). The maximum atomic E-state index is 14.0. The number of nitrogens with zero attached hydrogens (tertiary/aromatic N) is 6. The van der Waals surface area contributed by atoms with E-state index in [1.807, 2.05) is 30.2 Å². The van der Waals surface area contributed by atoms with Crippen LogP contribution in [0.1, 0.15) is 53.5 Å². The largest absolute Gasteiger partial charge is 0.465 e. The van der Waals surface area contributed by atoms with Gasteiger partial charge in [-0.05, 0) is 54.3 Å². The van der Waals surface area contributed by atoms with Crippen molar-refractivity contribution in [3.63, 3.8) is 0 Å². The minimum Gasteiger partial charge on any atom is -0.465 e. The van der Waals surface area contributed by atoms with E-state index >= 15 is 0 Å². The molecule has 224 valence electrons. The molecule has 3 aliphatic rings. The van der Waals surface area contributed by atoms with Crippen LogP contribution < -0.4 is 4.90 Å². The quantitative estimate of drug-likeness (QED) is 0.471. The van der Waals surface area contributed by atoms with E-state index in [4.69, 9.17) is 4.98 Å². The van der Waals surface area contributed by atoms with Gasteiger partial charge in [0, 0.05) is 68.8 Å². The zero-order valence-corrected chi connectivity index (χ0v) is 24.5. The molecule has 2 atom stereocenters. The van der Waals surface area contributed by atoms with Gasteiger partial charge in [0.2, 0.25) is 5.91 Å². The van der Waals surface area contributed by atoms with Crippen molar-refractivity contribution in [2.45, 2.75) is 51.2 Å². The number of hydrogen-bond acceptors (Lipinski definition) is 6. The van der Waals surface area contributed by atoms with Crippen LogP contribution in [0.25, 0.3) is 0 Å². The summed E-state index contributed by atoms with van der Waals surface area (Å²) in [7, 11) is 0. The van der Waals surface area contributed by atoms with Crippen molar-refractivity contribution in [3.8, 4) is 0 Å². The van der Waals surface area contributed by atoms with Crippen molar-refractivity contribution >= 4 is 23.6 Å². The highest BCUT2D eigenvalue weighted by Gasteiger charge is 2.42. The number of carbonyl (C=O) groups is 3. The summed E-state index contributed by atoms with van der Waals surface area (Å²) in [6.07, 6.45) is 4.59. The van der Waals surface area contributed by atoms with Gasteiger partial charge in [-0.2, -0.15) is 0 Å². The van der Waals surface area contributed by atoms with Crippen molar-refractivity contribution in [1.82, 2.24) is 24.7 Å². The van der Waals surface area contributed by atoms with Crippen LogP contribution in [0.3, 0.4) is 0 Å². The number of aromatic nitrogens is 2. The van der Waals surface area contributed by atoms with Gasteiger partial charge in [-0.1, -0.05) is 26.0 Å². The molecule has 0 unspecified atom stereocenters. The number of pyridine rings is 2. The van der Waals surface area contributed by atoms with Crippen molar-refractivity contribution in [2.75, 3.05) is 37.6 Å². The molecule has 3 amide bonds. The summed E-state index contributed by atoms with van der Waals surface area (Å²) in [5.41, 5.74) is 4.57. The zero-order chi connectivity index (χ0) is 30.5. The van der Waals surface area contributed by atoms with E-state index in [0.717, 1.165) is 28.1 Å². The van der Waals surface area contributed by atoms with Gasteiger partial charge in [-0.25, -0.2) is 9.18 Å². The van der Waals surface area contributed by atoms with Crippen LogP contribution in [0.5, 0.6) is 0 Å². The maximum absolute atomic E-state index is 14.0. The molecule has 1 saturated heterocycles. The fourth-order valence-electron chi connectivity index (χ4n) is 6.54. The number of benzene rings is 1. The Bertz CT molecular complexity index is 1580. The summed E-state index contributed by atoms with van der Waals surface area (Å²) in [4.78, 5) is 54.9. The minimum absolute atomic E-state index is 0.0801. The van der Waals surface area contributed by atoms with Gasteiger partial charge < -0.3 is 19.8 Å². The number of amides is 3. The first-order valence-corrected chi connectivity index (χ1v) is 14.5. The van der Waals surface area contributed by atoms with Crippen LogP contribution in [0.4, 0.5) is 14.9 Å². The third-order valence-electron chi connectivity index (χ3n) is 8.79. The van der Waals surface area contributed by atoms with Gasteiger partial charge in [0.25, 0.3) is 5.91 Å². The molecule has 43 heavy (non-hydrogen) atoms. The summed E-state index contributed by atoms with van der Waals surface area (Å²) >= 11 is 0. The van der Waals surface area contributed by atoms with Gasteiger partial charge >= 0.3 is 6.09 Å². The number of carbonyl (C=O) groups excluding carboxylic acids is 2. The molecule has 0 bridgehead atoms. The molecule has 5 heterocycles. The monoisotopic (exact) mass is 586 g/mol.